The molecule has 0 spiro atoms. The van der Waals surface area contributed by atoms with Gasteiger partial charge in [-0.2, -0.15) is 0 Å². The van der Waals surface area contributed by atoms with Crippen LogP contribution in [0.5, 0.6) is 0 Å². The topological polar surface area (TPSA) is 18.5 Å². The molecule has 3 nitrogen and oxygen atoms in total. The lowest BCUT2D eigenvalue weighted by Crippen LogP contribution is -2.45. The van der Waals surface area contributed by atoms with Gasteiger partial charge in [-0.15, -0.1) is 0 Å². The Bertz CT molecular complexity index is 624. The molecule has 2 heterocycles. The minimum absolute atomic E-state index is 0.154. The van der Waals surface area contributed by atoms with E-state index >= 15 is 0 Å². The summed E-state index contributed by atoms with van der Waals surface area (Å²) in [5.74, 6) is 1.16. The first-order valence-electron chi connectivity index (χ1n) is 7.74. The van der Waals surface area contributed by atoms with Crippen LogP contribution >= 0.6 is 23.2 Å². The van der Waals surface area contributed by atoms with E-state index in [9.17, 15) is 0 Å². The molecule has 22 heavy (non-hydrogen) atoms. The lowest BCUT2D eigenvalue weighted by Gasteiger charge is -2.41. The molecule has 0 radical (unpaired) electrons. The number of unbranched alkanes of at least 4 members (excludes halogenated alkanes) is 1. The van der Waals surface area contributed by atoms with Crippen LogP contribution in [-0.4, -0.2) is 23.1 Å². The van der Waals surface area contributed by atoms with E-state index in [0.29, 0.717) is 10.0 Å². The quantitative estimate of drug-likeness (QED) is 0.857. The Morgan fingerprint density at radius 3 is 2.82 bits per heavy atom. The van der Waals surface area contributed by atoms with Crippen molar-refractivity contribution in [2.24, 2.45) is 0 Å². The van der Waals surface area contributed by atoms with E-state index in [-0.39, 0.29) is 6.04 Å². The van der Waals surface area contributed by atoms with E-state index in [2.05, 4.69) is 47.4 Å². The summed E-state index contributed by atoms with van der Waals surface area (Å²) in [6.45, 7) is 6.32. The van der Waals surface area contributed by atoms with Crippen LogP contribution in [0.1, 0.15) is 38.3 Å². The van der Waals surface area contributed by atoms with Gasteiger partial charge in [-0.05, 0) is 43.2 Å². The molecule has 1 aromatic carbocycles. The molecule has 0 aliphatic carbocycles. The van der Waals surface area contributed by atoms with Crippen LogP contribution in [0.25, 0.3) is 0 Å². The highest BCUT2D eigenvalue weighted by Gasteiger charge is 2.33. The van der Waals surface area contributed by atoms with Crippen molar-refractivity contribution in [1.29, 1.82) is 0 Å². The molecule has 2 aliphatic heterocycles. The molecular weight excluding hydrogens is 317 g/mol. The van der Waals surface area contributed by atoms with Gasteiger partial charge in [0.05, 0.1) is 16.1 Å². The van der Waals surface area contributed by atoms with E-state index in [1.165, 1.54) is 12.8 Å². The molecule has 118 valence electrons. The summed E-state index contributed by atoms with van der Waals surface area (Å²) in [5.41, 5.74) is 2.32. The average Bonchev–Trinajstić information content (AvgIpc) is 2.90. The lowest BCUT2D eigenvalue weighted by atomic mass is 10.0. The molecule has 0 fully saturated rings. The second-order valence-corrected chi connectivity index (χ2v) is 6.61. The maximum Gasteiger partial charge on any atom is 0.118 e. The largest absolute Gasteiger partial charge is 0.345 e. The van der Waals surface area contributed by atoms with Gasteiger partial charge in [0.25, 0.3) is 0 Å². The summed E-state index contributed by atoms with van der Waals surface area (Å²) in [4.78, 5) is 0. The van der Waals surface area contributed by atoms with Gasteiger partial charge in [0.15, 0.2) is 0 Å². The number of allylic oxidation sites excluding steroid dienone is 1. The Morgan fingerprint density at radius 2 is 2.09 bits per heavy atom. The third kappa shape index (κ3) is 2.98. The summed E-state index contributed by atoms with van der Waals surface area (Å²) >= 11 is 12.3. The Kier molecular flexibility index (Phi) is 4.67. The summed E-state index contributed by atoms with van der Waals surface area (Å²) < 4.78 is 0. The Labute approximate surface area is 142 Å². The Hall–Kier alpha value is -1.16. The molecule has 0 saturated carbocycles. The standard InChI is InChI=1S/C17H21Cl2N3/c1-3-4-8-21-9-7-17-20-12(2)10-16(22(17)21)13-5-6-14(18)15(19)11-13/h5-7,10-11,16,20H,3-4,8-9H2,1-2H3. The minimum atomic E-state index is 0.154. The van der Waals surface area contributed by atoms with Crippen LogP contribution < -0.4 is 5.32 Å². The molecule has 1 aromatic rings. The van der Waals surface area contributed by atoms with Gasteiger partial charge in [-0.3, -0.25) is 5.01 Å². The summed E-state index contributed by atoms with van der Waals surface area (Å²) in [5, 5.41) is 9.39. The normalized spacial score (nSPS) is 21.3. The Balaban J connectivity index is 1.93. The molecule has 3 rings (SSSR count). The van der Waals surface area contributed by atoms with Crippen LogP contribution in [-0.2, 0) is 0 Å². The predicted octanol–water partition coefficient (Wildman–Crippen LogP) is 4.72. The van der Waals surface area contributed by atoms with Gasteiger partial charge in [0.2, 0.25) is 0 Å². The van der Waals surface area contributed by atoms with Crippen LogP contribution in [0.4, 0.5) is 0 Å². The molecule has 0 amide bonds. The minimum Gasteiger partial charge on any atom is -0.345 e. The van der Waals surface area contributed by atoms with E-state index in [0.717, 1.165) is 30.2 Å². The molecule has 0 bridgehead atoms. The maximum absolute atomic E-state index is 6.22. The van der Waals surface area contributed by atoms with Crippen molar-refractivity contribution in [3.05, 3.63) is 57.5 Å². The van der Waals surface area contributed by atoms with Crippen LogP contribution in [0.2, 0.25) is 10.0 Å². The highest BCUT2D eigenvalue weighted by Crippen LogP contribution is 2.36. The van der Waals surface area contributed by atoms with Crippen molar-refractivity contribution in [1.82, 2.24) is 15.3 Å². The number of hydrogen-bond acceptors (Lipinski definition) is 3. The fourth-order valence-corrected chi connectivity index (χ4v) is 3.29. The fraction of sp³-hybridized carbons (Fsp3) is 0.412. The van der Waals surface area contributed by atoms with Gasteiger partial charge >= 0.3 is 0 Å². The number of nitrogens with one attached hydrogen (secondary N) is 1. The predicted molar refractivity (Wildman–Crippen MR) is 92.5 cm³/mol. The SMILES string of the molecule is CCCCN1CC=C2NC(C)=CC(c3ccc(Cl)c(Cl)c3)N21. The third-order valence-electron chi connectivity index (χ3n) is 4.10. The molecule has 2 aliphatic rings. The monoisotopic (exact) mass is 337 g/mol. The molecule has 1 atom stereocenters. The number of fused-ring (bicyclic) bond motifs is 1. The van der Waals surface area contributed by atoms with E-state index in [1.54, 1.807) is 0 Å². The zero-order chi connectivity index (χ0) is 15.7. The number of nitrogens with zero attached hydrogens (tertiary/aromatic N) is 2. The van der Waals surface area contributed by atoms with Crippen molar-refractivity contribution in [2.75, 3.05) is 13.1 Å². The van der Waals surface area contributed by atoms with E-state index < -0.39 is 0 Å². The molecule has 1 N–H and O–H groups in total. The van der Waals surface area contributed by atoms with Crippen LogP contribution in [0.15, 0.2) is 41.9 Å². The summed E-state index contributed by atoms with van der Waals surface area (Å²) in [7, 11) is 0. The highest BCUT2D eigenvalue weighted by atomic mass is 35.5. The zero-order valence-corrected chi connectivity index (χ0v) is 14.5. The third-order valence-corrected chi connectivity index (χ3v) is 4.84. The molecule has 1 unspecified atom stereocenters. The number of rotatable bonds is 4. The second kappa shape index (κ2) is 6.53. The van der Waals surface area contributed by atoms with Crippen molar-refractivity contribution in [2.45, 2.75) is 32.7 Å². The smallest absolute Gasteiger partial charge is 0.118 e. The summed E-state index contributed by atoms with van der Waals surface area (Å²) in [6, 6.07) is 6.06. The Morgan fingerprint density at radius 1 is 1.27 bits per heavy atom. The number of hydrazine groups is 1. The first kappa shape index (κ1) is 15.7. The summed E-state index contributed by atoms with van der Waals surface area (Å²) in [6.07, 6.45) is 6.87. The average molecular weight is 338 g/mol. The van der Waals surface area contributed by atoms with Gasteiger partial charge < -0.3 is 5.32 Å². The number of hydrogen-bond donors (Lipinski definition) is 1. The van der Waals surface area contributed by atoms with E-state index in [1.807, 2.05) is 12.1 Å². The van der Waals surface area contributed by atoms with Gasteiger partial charge in [-0.25, -0.2) is 5.01 Å². The lowest BCUT2D eigenvalue weighted by molar-refractivity contribution is 0.00334. The van der Waals surface area contributed by atoms with E-state index in [4.69, 9.17) is 23.2 Å². The molecular formula is C17H21Cl2N3. The van der Waals surface area contributed by atoms with Crippen molar-refractivity contribution >= 4 is 23.2 Å². The molecule has 0 aromatic heterocycles. The first-order valence-corrected chi connectivity index (χ1v) is 8.50. The maximum atomic E-state index is 6.22. The fourth-order valence-electron chi connectivity index (χ4n) is 2.98. The number of halogens is 2. The highest BCUT2D eigenvalue weighted by molar-refractivity contribution is 6.42. The van der Waals surface area contributed by atoms with Gasteiger partial charge in [-0.1, -0.05) is 42.6 Å². The van der Waals surface area contributed by atoms with Crippen molar-refractivity contribution in [3.8, 4) is 0 Å². The molecule has 5 heteroatoms. The first-order chi connectivity index (χ1) is 10.6. The van der Waals surface area contributed by atoms with Gasteiger partial charge in [0.1, 0.15) is 5.82 Å². The number of benzene rings is 1. The van der Waals surface area contributed by atoms with Gasteiger partial charge in [0, 0.05) is 18.8 Å². The molecule has 0 saturated heterocycles. The van der Waals surface area contributed by atoms with Crippen molar-refractivity contribution in [3.63, 3.8) is 0 Å². The van der Waals surface area contributed by atoms with Crippen molar-refractivity contribution < 1.29 is 0 Å². The zero-order valence-electron chi connectivity index (χ0n) is 12.9. The second-order valence-electron chi connectivity index (χ2n) is 5.79. The van der Waals surface area contributed by atoms with Crippen LogP contribution in [0, 0.1) is 0 Å². The van der Waals surface area contributed by atoms with Crippen LogP contribution in [0.3, 0.4) is 0 Å².